The minimum absolute atomic E-state index is 0.195. The largest absolute Gasteiger partial charge is 0.480 e. The van der Waals surface area contributed by atoms with Gasteiger partial charge in [0.2, 0.25) is 5.91 Å². The van der Waals surface area contributed by atoms with Crippen LogP contribution < -0.4 is 10.6 Å². The van der Waals surface area contributed by atoms with Crippen LogP contribution in [0.2, 0.25) is 0 Å². The number of amides is 1. The molecule has 0 saturated heterocycles. The Bertz CT molecular complexity index is 307. The van der Waals surface area contributed by atoms with Gasteiger partial charge < -0.3 is 15.7 Å². The predicted molar refractivity (Wildman–Crippen MR) is 62.6 cm³/mol. The first-order chi connectivity index (χ1) is 8.12. The van der Waals surface area contributed by atoms with Crippen LogP contribution in [0, 0.1) is 0 Å². The number of hydrogen-bond donors (Lipinski definition) is 3. The molecule has 17 heavy (non-hydrogen) atoms. The quantitative estimate of drug-likeness (QED) is 0.659. The van der Waals surface area contributed by atoms with Gasteiger partial charge in [-0.2, -0.15) is 0 Å². The molecule has 0 aromatic carbocycles. The van der Waals surface area contributed by atoms with Crippen molar-refractivity contribution in [3.63, 3.8) is 0 Å². The third kappa shape index (κ3) is 2.77. The van der Waals surface area contributed by atoms with E-state index in [1.54, 1.807) is 0 Å². The van der Waals surface area contributed by atoms with Crippen molar-refractivity contribution in [2.45, 2.75) is 56.5 Å². The molecule has 2 aliphatic carbocycles. The van der Waals surface area contributed by atoms with E-state index in [0.717, 1.165) is 19.3 Å². The van der Waals surface area contributed by atoms with Crippen molar-refractivity contribution in [2.75, 3.05) is 6.54 Å². The molecular weight excluding hydrogens is 220 g/mol. The molecule has 0 unspecified atom stereocenters. The fourth-order valence-corrected chi connectivity index (χ4v) is 2.60. The van der Waals surface area contributed by atoms with Crippen LogP contribution in [-0.2, 0) is 9.59 Å². The second kappa shape index (κ2) is 5.04. The van der Waals surface area contributed by atoms with Gasteiger partial charge >= 0.3 is 5.97 Å². The van der Waals surface area contributed by atoms with Gasteiger partial charge in [0.25, 0.3) is 0 Å². The first kappa shape index (κ1) is 12.4. The summed E-state index contributed by atoms with van der Waals surface area (Å²) in [6.07, 6.45) is 6.67. The van der Waals surface area contributed by atoms with E-state index in [1.165, 1.54) is 12.8 Å². The number of carbonyl (C=O) groups excluding carboxylic acids is 1. The number of carbonyl (C=O) groups is 2. The van der Waals surface area contributed by atoms with Crippen molar-refractivity contribution in [1.29, 1.82) is 0 Å². The highest BCUT2D eigenvalue weighted by Gasteiger charge is 2.45. The molecule has 0 aromatic heterocycles. The third-order valence-electron chi connectivity index (χ3n) is 3.90. The van der Waals surface area contributed by atoms with E-state index in [4.69, 9.17) is 5.11 Å². The third-order valence-corrected chi connectivity index (χ3v) is 3.90. The maximum Gasteiger partial charge on any atom is 0.329 e. The second-order valence-corrected chi connectivity index (χ2v) is 5.15. The summed E-state index contributed by atoms with van der Waals surface area (Å²) < 4.78 is 0. The summed E-state index contributed by atoms with van der Waals surface area (Å²) in [4.78, 5) is 22.7. The summed E-state index contributed by atoms with van der Waals surface area (Å²) in [5, 5.41) is 14.9. The van der Waals surface area contributed by atoms with E-state index in [9.17, 15) is 9.59 Å². The van der Waals surface area contributed by atoms with Gasteiger partial charge in [0.1, 0.15) is 5.54 Å². The van der Waals surface area contributed by atoms with Crippen molar-refractivity contribution in [3.05, 3.63) is 0 Å². The van der Waals surface area contributed by atoms with Crippen LogP contribution in [0.5, 0.6) is 0 Å². The molecule has 3 N–H and O–H groups in total. The number of hydrogen-bond acceptors (Lipinski definition) is 3. The molecule has 5 heteroatoms. The summed E-state index contributed by atoms with van der Waals surface area (Å²) in [6.45, 7) is 0.236. The number of nitrogens with one attached hydrogen (secondary N) is 2. The highest BCUT2D eigenvalue weighted by Crippen LogP contribution is 2.31. The van der Waals surface area contributed by atoms with E-state index >= 15 is 0 Å². The Balaban J connectivity index is 1.74. The molecule has 2 fully saturated rings. The molecule has 96 valence electrons. The Morgan fingerprint density at radius 2 is 1.82 bits per heavy atom. The summed E-state index contributed by atoms with van der Waals surface area (Å²) in [6, 6.07) is 0.433. The van der Waals surface area contributed by atoms with Gasteiger partial charge in [-0.1, -0.05) is 12.8 Å². The molecule has 2 rings (SSSR count). The van der Waals surface area contributed by atoms with E-state index < -0.39 is 11.5 Å². The maximum atomic E-state index is 11.7. The van der Waals surface area contributed by atoms with Gasteiger partial charge in [-0.15, -0.1) is 0 Å². The molecule has 0 bridgehead atoms. The lowest BCUT2D eigenvalue weighted by Gasteiger charge is -2.38. The zero-order chi connectivity index (χ0) is 12.3. The van der Waals surface area contributed by atoms with Gasteiger partial charge in [-0.05, 0) is 32.1 Å². The second-order valence-electron chi connectivity index (χ2n) is 5.15. The van der Waals surface area contributed by atoms with E-state index in [-0.39, 0.29) is 12.5 Å². The van der Waals surface area contributed by atoms with E-state index in [0.29, 0.717) is 18.9 Å². The van der Waals surface area contributed by atoms with Gasteiger partial charge in [0, 0.05) is 6.04 Å². The summed E-state index contributed by atoms with van der Waals surface area (Å²) >= 11 is 0. The Morgan fingerprint density at radius 3 is 2.29 bits per heavy atom. The molecule has 0 atom stereocenters. The summed E-state index contributed by atoms with van der Waals surface area (Å²) in [5.41, 5.74) is -0.978. The number of carboxylic acids is 1. The van der Waals surface area contributed by atoms with Crippen molar-refractivity contribution in [3.8, 4) is 0 Å². The van der Waals surface area contributed by atoms with Crippen LogP contribution in [0.25, 0.3) is 0 Å². The van der Waals surface area contributed by atoms with Crippen LogP contribution in [-0.4, -0.2) is 35.1 Å². The zero-order valence-electron chi connectivity index (χ0n) is 10.00. The van der Waals surface area contributed by atoms with E-state index in [1.807, 2.05) is 0 Å². The van der Waals surface area contributed by atoms with Gasteiger partial charge in [-0.25, -0.2) is 4.79 Å². The van der Waals surface area contributed by atoms with Gasteiger partial charge in [-0.3, -0.25) is 4.79 Å². The molecule has 0 spiro atoms. The Labute approximate surface area is 101 Å². The smallest absolute Gasteiger partial charge is 0.329 e. The van der Waals surface area contributed by atoms with Crippen molar-refractivity contribution >= 4 is 11.9 Å². The minimum Gasteiger partial charge on any atom is -0.480 e. The lowest BCUT2D eigenvalue weighted by molar-refractivity contribution is -0.151. The molecule has 2 saturated carbocycles. The Morgan fingerprint density at radius 1 is 1.18 bits per heavy atom. The summed E-state index contributed by atoms with van der Waals surface area (Å²) in [7, 11) is 0. The van der Waals surface area contributed by atoms with Crippen LogP contribution in [0.4, 0.5) is 0 Å². The van der Waals surface area contributed by atoms with Crippen molar-refractivity contribution in [1.82, 2.24) is 10.6 Å². The summed E-state index contributed by atoms with van der Waals surface area (Å²) in [5.74, 6) is -1.10. The Kier molecular flexibility index (Phi) is 3.66. The lowest BCUT2D eigenvalue weighted by Crippen LogP contribution is -2.60. The van der Waals surface area contributed by atoms with Crippen LogP contribution in [0.1, 0.15) is 44.9 Å². The van der Waals surface area contributed by atoms with Crippen LogP contribution >= 0.6 is 0 Å². The predicted octanol–water partition coefficient (Wildman–Crippen LogP) is 0.642. The average Bonchev–Trinajstić information content (AvgIpc) is 2.72. The SMILES string of the molecule is O=C(CNC1CCCC1)NC1(C(=O)O)CCC1. The molecule has 5 nitrogen and oxygen atoms in total. The molecule has 0 heterocycles. The fourth-order valence-electron chi connectivity index (χ4n) is 2.60. The number of carboxylic acid groups (broad SMARTS) is 1. The molecule has 0 radical (unpaired) electrons. The monoisotopic (exact) mass is 240 g/mol. The van der Waals surface area contributed by atoms with Crippen molar-refractivity contribution in [2.24, 2.45) is 0 Å². The van der Waals surface area contributed by atoms with Crippen LogP contribution in [0.3, 0.4) is 0 Å². The highest BCUT2D eigenvalue weighted by molar-refractivity contribution is 5.88. The minimum atomic E-state index is -0.978. The lowest BCUT2D eigenvalue weighted by atomic mass is 9.77. The Hall–Kier alpha value is -1.10. The zero-order valence-corrected chi connectivity index (χ0v) is 10.00. The molecule has 0 aromatic rings. The van der Waals surface area contributed by atoms with E-state index in [2.05, 4.69) is 10.6 Å². The molecule has 0 aliphatic heterocycles. The number of aliphatic carboxylic acids is 1. The van der Waals surface area contributed by atoms with Gasteiger partial charge in [0.05, 0.1) is 6.54 Å². The topological polar surface area (TPSA) is 78.4 Å². The average molecular weight is 240 g/mol. The molecule has 1 amide bonds. The maximum absolute atomic E-state index is 11.7. The normalized spacial score (nSPS) is 23.1. The first-order valence-electron chi connectivity index (χ1n) is 6.40. The van der Waals surface area contributed by atoms with Crippen LogP contribution in [0.15, 0.2) is 0 Å². The number of rotatable bonds is 5. The van der Waals surface area contributed by atoms with Gasteiger partial charge in [0.15, 0.2) is 0 Å². The molecular formula is C12H20N2O3. The van der Waals surface area contributed by atoms with Crippen molar-refractivity contribution < 1.29 is 14.7 Å². The highest BCUT2D eigenvalue weighted by atomic mass is 16.4. The standard InChI is InChI=1S/C12H20N2O3/c15-10(8-13-9-4-1-2-5-9)14-12(11(16)17)6-3-7-12/h9,13H,1-8H2,(H,14,15)(H,16,17). The first-order valence-corrected chi connectivity index (χ1v) is 6.40. The fraction of sp³-hybridized carbons (Fsp3) is 0.833. The molecule has 2 aliphatic rings.